The molecule has 136 valence electrons. The van der Waals surface area contributed by atoms with E-state index < -0.39 is 17.9 Å². The van der Waals surface area contributed by atoms with Gasteiger partial charge in [0.25, 0.3) is 5.91 Å². The molecule has 0 fully saturated rings. The largest absolute Gasteiger partial charge is 0.481 e. The van der Waals surface area contributed by atoms with Gasteiger partial charge in [0.05, 0.1) is 12.5 Å². The highest BCUT2D eigenvalue weighted by Gasteiger charge is 2.20. The Hall–Kier alpha value is -3.15. The molecule has 0 aliphatic carbocycles. The van der Waals surface area contributed by atoms with Crippen LogP contribution in [0.3, 0.4) is 0 Å². The molecular weight excluding hydrogens is 332 g/mol. The molecule has 0 bridgehead atoms. The lowest BCUT2D eigenvalue weighted by Crippen LogP contribution is -2.30. The number of aryl methyl sites for hydroxylation is 1. The third-order valence-electron chi connectivity index (χ3n) is 3.98. The van der Waals surface area contributed by atoms with E-state index in [-0.39, 0.29) is 12.3 Å². The lowest BCUT2D eigenvalue weighted by molar-refractivity contribution is -0.137. The van der Waals surface area contributed by atoms with E-state index in [1.54, 1.807) is 37.3 Å². The van der Waals surface area contributed by atoms with Crippen LogP contribution in [0.4, 0.5) is 5.69 Å². The van der Waals surface area contributed by atoms with Crippen LogP contribution < -0.4 is 10.6 Å². The van der Waals surface area contributed by atoms with Crippen molar-refractivity contribution >= 4 is 23.5 Å². The SMILES string of the molecule is CCC(=O)Nc1cccc(C(=O)NC(CC(=O)O)c2ccccc2C)c1. The van der Waals surface area contributed by atoms with Crippen molar-refractivity contribution in [2.24, 2.45) is 0 Å². The zero-order chi connectivity index (χ0) is 19.1. The number of hydrogen-bond donors (Lipinski definition) is 3. The molecule has 0 aromatic heterocycles. The molecular formula is C20H22N2O4. The van der Waals surface area contributed by atoms with Gasteiger partial charge in [0.2, 0.25) is 5.91 Å². The minimum atomic E-state index is -0.998. The van der Waals surface area contributed by atoms with E-state index in [0.29, 0.717) is 17.7 Å². The highest BCUT2D eigenvalue weighted by molar-refractivity contribution is 5.97. The third-order valence-corrected chi connectivity index (χ3v) is 3.98. The normalized spacial score (nSPS) is 11.5. The lowest BCUT2D eigenvalue weighted by atomic mass is 9.98. The van der Waals surface area contributed by atoms with E-state index in [0.717, 1.165) is 11.1 Å². The van der Waals surface area contributed by atoms with E-state index in [2.05, 4.69) is 10.6 Å². The molecule has 2 rings (SSSR count). The molecule has 0 spiro atoms. The molecule has 0 saturated carbocycles. The van der Waals surface area contributed by atoms with E-state index in [1.807, 2.05) is 25.1 Å². The van der Waals surface area contributed by atoms with Gasteiger partial charge < -0.3 is 15.7 Å². The minimum Gasteiger partial charge on any atom is -0.481 e. The smallest absolute Gasteiger partial charge is 0.305 e. The average Bonchev–Trinajstić information content (AvgIpc) is 2.61. The molecule has 0 radical (unpaired) electrons. The number of rotatable bonds is 7. The number of anilines is 1. The Labute approximate surface area is 152 Å². The number of carbonyl (C=O) groups excluding carboxylic acids is 2. The number of benzene rings is 2. The second-order valence-corrected chi connectivity index (χ2v) is 5.96. The van der Waals surface area contributed by atoms with Crippen molar-refractivity contribution in [3.63, 3.8) is 0 Å². The van der Waals surface area contributed by atoms with Crippen LogP contribution in [-0.2, 0) is 9.59 Å². The fraction of sp³-hybridized carbons (Fsp3) is 0.250. The van der Waals surface area contributed by atoms with Crippen molar-refractivity contribution in [3.05, 3.63) is 65.2 Å². The van der Waals surface area contributed by atoms with Crippen molar-refractivity contribution in [1.82, 2.24) is 5.32 Å². The number of amides is 2. The molecule has 6 heteroatoms. The summed E-state index contributed by atoms with van der Waals surface area (Å²) < 4.78 is 0. The van der Waals surface area contributed by atoms with Gasteiger partial charge >= 0.3 is 5.97 Å². The monoisotopic (exact) mass is 354 g/mol. The van der Waals surface area contributed by atoms with Gasteiger partial charge in [-0.25, -0.2) is 0 Å². The quantitative estimate of drug-likeness (QED) is 0.711. The zero-order valence-corrected chi connectivity index (χ0v) is 14.8. The first kappa shape index (κ1) is 19.2. The maximum Gasteiger partial charge on any atom is 0.305 e. The van der Waals surface area contributed by atoms with Gasteiger partial charge in [-0.15, -0.1) is 0 Å². The van der Waals surface area contributed by atoms with Crippen LogP contribution in [0, 0.1) is 6.92 Å². The van der Waals surface area contributed by atoms with Crippen LogP contribution in [0.1, 0.15) is 47.3 Å². The van der Waals surface area contributed by atoms with Crippen LogP contribution in [0.15, 0.2) is 48.5 Å². The molecule has 6 nitrogen and oxygen atoms in total. The fourth-order valence-electron chi connectivity index (χ4n) is 2.62. The molecule has 0 aliphatic rings. The second kappa shape index (κ2) is 8.80. The Balaban J connectivity index is 2.22. The van der Waals surface area contributed by atoms with Crippen LogP contribution in [0.2, 0.25) is 0 Å². The van der Waals surface area contributed by atoms with Gasteiger partial charge in [-0.3, -0.25) is 14.4 Å². The molecule has 2 amide bonds. The second-order valence-electron chi connectivity index (χ2n) is 5.96. The Morgan fingerprint density at radius 3 is 2.46 bits per heavy atom. The average molecular weight is 354 g/mol. The first-order valence-electron chi connectivity index (χ1n) is 8.38. The summed E-state index contributed by atoms with van der Waals surface area (Å²) in [5.41, 5.74) is 2.54. The maximum atomic E-state index is 12.6. The minimum absolute atomic E-state index is 0.147. The molecule has 0 aliphatic heterocycles. The van der Waals surface area contributed by atoms with Gasteiger partial charge in [-0.05, 0) is 36.2 Å². The first-order chi connectivity index (χ1) is 12.4. The summed E-state index contributed by atoms with van der Waals surface area (Å²) in [4.78, 5) is 35.3. The van der Waals surface area contributed by atoms with Crippen LogP contribution in [-0.4, -0.2) is 22.9 Å². The number of hydrogen-bond acceptors (Lipinski definition) is 3. The fourth-order valence-corrected chi connectivity index (χ4v) is 2.62. The molecule has 2 aromatic carbocycles. The van der Waals surface area contributed by atoms with Crippen molar-refractivity contribution in [3.8, 4) is 0 Å². The van der Waals surface area contributed by atoms with Crippen LogP contribution in [0.5, 0.6) is 0 Å². The summed E-state index contributed by atoms with van der Waals surface area (Å²) >= 11 is 0. The molecule has 0 saturated heterocycles. The summed E-state index contributed by atoms with van der Waals surface area (Å²) in [6.07, 6.45) is 0.118. The Kier molecular flexibility index (Phi) is 6.49. The van der Waals surface area contributed by atoms with E-state index >= 15 is 0 Å². The summed E-state index contributed by atoms with van der Waals surface area (Å²) in [5.74, 6) is -1.54. The van der Waals surface area contributed by atoms with Gasteiger partial charge in [-0.1, -0.05) is 37.3 Å². The number of aliphatic carboxylic acids is 1. The summed E-state index contributed by atoms with van der Waals surface area (Å²) in [7, 11) is 0. The van der Waals surface area contributed by atoms with Gasteiger partial charge in [-0.2, -0.15) is 0 Å². The molecule has 1 unspecified atom stereocenters. The van der Waals surface area contributed by atoms with Crippen molar-refractivity contribution in [1.29, 1.82) is 0 Å². The number of nitrogens with one attached hydrogen (secondary N) is 2. The standard InChI is InChI=1S/C20H22N2O4/c1-3-18(23)21-15-9-6-8-14(11-15)20(26)22-17(12-19(24)25)16-10-5-4-7-13(16)2/h4-11,17H,3,12H2,1-2H3,(H,21,23)(H,22,26)(H,24,25). The van der Waals surface area contributed by atoms with Crippen LogP contribution in [0.25, 0.3) is 0 Å². The number of carboxylic acid groups (broad SMARTS) is 1. The topological polar surface area (TPSA) is 95.5 Å². The van der Waals surface area contributed by atoms with Crippen molar-refractivity contribution in [2.45, 2.75) is 32.7 Å². The maximum absolute atomic E-state index is 12.6. The molecule has 26 heavy (non-hydrogen) atoms. The molecule has 1 atom stereocenters. The number of carboxylic acids is 1. The summed E-state index contributed by atoms with van der Waals surface area (Å²) in [5, 5.41) is 14.7. The first-order valence-corrected chi connectivity index (χ1v) is 8.38. The van der Waals surface area contributed by atoms with Crippen molar-refractivity contribution < 1.29 is 19.5 Å². The molecule has 0 heterocycles. The lowest BCUT2D eigenvalue weighted by Gasteiger charge is -2.19. The van der Waals surface area contributed by atoms with E-state index in [1.165, 1.54) is 0 Å². The summed E-state index contributed by atoms with van der Waals surface area (Å²) in [6.45, 7) is 3.61. The van der Waals surface area contributed by atoms with Gasteiger partial charge in [0, 0.05) is 17.7 Å². The Morgan fingerprint density at radius 2 is 1.81 bits per heavy atom. The number of carbonyl (C=O) groups is 3. The third kappa shape index (κ3) is 5.17. The van der Waals surface area contributed by atoms with Crippen molar-refractivity contribution in [2.75, 3.05) is 5.32 Å². The van der Waals surface area contributed by atoms with E-state index in [9.17, 15) is 19.5 Å². The Morgan fingerprint density at radius 1 is 1.08 bits per heavy atom. The Bertz CT molecular complexity index is 817. The predicted octanol–water partition coefficient (Wildman–Crippen LogP) is 3.29. The highest BCUT2D eigenvalue weighted by Crippen LogP contribution is 2.22. The molecule has 2 aromatic rings. The van der Waals surface area contributed by atoms with Gasteiger partial charge in [0.15, 0.2) is 0 Å². The van der Waals surface area contributed by atoms with Crippen LogP contribution >= 0.6 is 0 Å². The molecule has 3 N–H and O–H groups in total. The zero-order valence-electron chi connectivity index (χ0n) is 14.8. The summed E-state index contributed by atoms with van der Waals surface area (Å²) in [6, 6.07) is 13.3. The van der Waals surface area contributed by atoms with Gasteiger partial charge in [0.1, 0.15) is 0 Å². The highest BCUT2D eigenvalue weighted by atomic mass is 16.4. The predicted molar refractivity (Wildman–Crippen MR) is 99.0 cm³/mol. The van der Waals surface area contributed by atoms with E-state index in [4.69, 9.17) is 0 Å².